The Balaban J connectivity index is 1.09. The Morgan fingerprint density at radius 1 is 0.971 bits per heavy atom. The molecule has 0 radical (unpaired) electrons. The lowest BCUT2D eigenvalue weighted by molar-refractivity contribution is 0.234. The lowest BCUT2D eigenvalue weighted by atomic mass is 10.1. The van der Waals surface area contributed by atoms with Crippen molar-refractivity contribution >= 4 is 27.5 Å². The lowest BCUT2D eigenvalue weighted by Gasteiger charge is -2.36. The summed E-state index contributed by atoms with van der Waals surface area (Å²) >= 11 is 0. The van der Waals surface area contributed by atoms with Crippen molar-refractivity contribution in [3.8, 4) is 11.8 Å². The highest BCUT2D eigenvalue weighted by Crippen LogP contribution is 2.30. The monoisotopic (exact) mass is 473 g/mol. The number of pyridine rings is 1. The summed E-state index contributed by atoms with van der Waals surface area (Å²) in [7, 11) is 1.71. The van der Waals surface area contributed by atoms with Crippen LogP contribution in [0, 0.1) is 6.92 Å². The second-order valence-corrected chi connectivity index (χ2v) is 8.92. The van der Waals surface area contributed by atoms with Gasteiger partial charge in [0.15, 0.2) is 0 Å². The van der Waals surface area contributed by atoms with Crippen molar-refractivity contribution in [1.29, 1.82) is 0 Å². The van der Waals surface area contributed by atoms with Crippen LogP contribution in [0.3, 0.4) is 0 Å². The summed E-state index contributed by atoms with van der Waals surface area (Å²) in [5, 5.41) is 3.31. The van der Waals surface area contributed by atoms with E-state index in [1.807, 2.05) is 13.0 Å². The number of benzene rings is 2. The number of rotatable bonds is 8. The van der Waals surface area contributed by atoms with E-state index in [9.17, 15) is 4.79 Å². The molecule has 1 saturated heterocycles. The number of unbranched alkanes of at least 4 members (excludes halogenated alkanes) is 1. The Bertz CT molecular complexity index is 1380. The second-order valence-electron chi connectivity index (χ2n) is 8.92. The summed E-state index contributed by atoms with van der Waals surface area (Å²) < 4.78 is 11.2. The van der Waals surface area contributed by atoms with Crippen molar-refractivity contribution in [2.24, 2.45) is 0 Å². The van der Waals surface area contributed by atoms with Gasteiger partial charge in [0.05, 0.1) is 19.4 Å². The maximum absolute atomic E-state index is 11.6. The van der Waals surface area contributed by atoms with Crippen LogP contribution in [0.2, 0.25) is 0 Å². The minimum atomic E-state index is -0.179. The Hall–Kier alpha value is -3.65. The molecule has 0 atom stereocenters. The normalized spacial score (nSPS) is 14.5. The molecule has 8 heteroatoms. The first-order chi connectivity index (χ1) is 17.1. The predicted molar refractivity (Wildman–Crippen MR) is 139 cm³/mol. The fraction of sp³-hybridized carbons (Fsp3) is 0.370. The molecule has 1 aliphatic rings. The Morgan fingerprint density at radius 3 is 2.66 bits per heavy atom. The van der Waals surface area contributed by atoms with Gasteiger partial charge in [-0.05, 0) is 56.0 Å². The van der Waals surface area contributed by atoms with Crippen LogP contribution in [-0.4, -0.2) is 66.3 Å². The molecule has 5 rings (SSSR count). The first-order valence-electron chi connectivity index (χ1n) is 12.2. The van der Waals surface area contributed by atoms with Gasteiger partial charge in [0.25, 0.3) is 0 Å². The number of ether oxygens (including phenoxy) is 2. The van der Waals surface area contributed by atoms with Gasteiger partial charge in [0, 0.05) is 48.7 Å². The number of hydrogen-bond acceptors (Lipinski definition) is 7. The minimum Gasteiger partial charge on any atom is -0.497 e. The third-order valence-corrected chi connectivity index (χ3v) is 6.64. The van der Waals surface area contributed by atoms with Crippen LogP contribution in [0.4, 0.5) is 5.69 Å². The fourth-order valence-electron chi connectivity index (χ4n) is 4.68. The Labute approximate surface area is 204 Å². The van der Waals surface area contributed by atoms with Crippen molar-refractivity contribution in [1.82, 2.24) is 19.9 Å². The summed E-state index contributed by atoms with van der Waals surface area (Å²) in [6.45, 7) is 7.60. The number of anilines is 1. The van der Waals surface area contributed by atoms with Gasteiger partial charge in [-0.3, -0.25) is 9.69 Å². The average Bonchev–Trinajstić information content (AvgIpc) is 2.88. The zero-order chi connectivity index (χ0) is 24.2. The topological polar surface area (TPSA) is 83.6 Å². The summed E-state index contributed by atoms with van der Waals surface area (Å²) in [5.74, 6) is 0.892. The quantitative estimate of drug-likeness (QED) is 0.390. The number of aromatic amines is 1. The van der Waals surface area contributed by atoms with E-state index in [4.69, 9.17) is 9.47 Å². The van der Waals surface area contributed by atoms with Crippen molar-refractivity contribution in [2.75, 3.05) is 51.3 Å². The zero-order valence-corrected chi connectivity index (χ0v) is 20.3. The van der Waals surface area contributed by atoms with Crippen LogP contribution in [0.15, 0.2) is 53.3 Å². The third kappa shape index (κ3) is 5.22. The van der Waals surface area contributed by atoms with Crippen LogP contribution >= 0.6 is 0 Å². The second kappa shape index (κ2) is 10.3. The molecule has 3 heterocycles. The molecule has 0 unspecified atom stereocenters. The third-order valence-electron chi connectivity index (χ3n) is 6.64. The molecule has 2 aromatic heterocycles. The smallest absolute Gasteiger partial charge is 0.318 e. The van der Waals surface area contributed by atoms with Crippen LogP contribution in [-0.2, 0) is 0 Å². The van der Waals surface area contributed by atoms with E-state index in [-0.39, 0.29) is 5.56 Å². The van der Waals surface area contributed by atoms with E-state index in [0.717, 1.165) is 62.4 Å². The van der Waals surface area contributed by atoms with Crippen LogP contribution in [0.1, 0.15) is 18.5 Å². The molecule has 8 nitrogen and oxygen atoms in total. The van der Waals surface area contributed by atoms with Crippen molar-refractivity contribution in [2.45, 2.75) is 19.8 Å². The highest BCUT2D eigenvalue weighted by molar-refractivity contribution is 5.95. The molecule has 182 valence electrons. The zero-order valence-electron chi connectivity index (χ0n) is 20.3. The molecule has 2 aromatic carbocycles. The maximum Gasteiger partial charge on any atom is 0.318 e. The number of piperazine rings is 1. The van der Waals surface area contributed by atoms with E-state index >= 15 is 0 Å². The summed E-state index contributed by atoms with van der Waals surface area (Å²) in [5.41, 5.74) is 2.41. The van der Waals surface area contributed by atoms with Gasteiger partial charge in [0.2, 0.25) is 5.56 Å². The molecule has 0 saturated carbocycles. The van der Waals surface area contributed by atoms with Gasteiger partial charge < -0.3 is 19.4 Å². The molecule has 1 aliphatic heterocycles. The molecular formula is C27H31N5O3. The summed E-state index contributed by atoms with van der Waals surface area (Å²) in [6.07, 6.45) is 1.98. The number of methoxy groups -OCH3 is 1. The fourth-order valence-corrected chi connectivity index (χ4v) is 4.68. The number of hydrogen-bond donors (Lipinski definition) is 1. The molecular weight excluding hydrogens is 442 g/mol. The number of H-pyrrole nitrogens is 1. The molecule has 4 aromatic rings. The van der Waals surface area contributed by atoms with Crippen LogP contribution in [0.25, 0.3) is 21.8 Å². The van der Waals surface area contributed by atoms with Gasteiger partial charge in [0.1, 0.15) is 11.4 Å². The number of fused-ring (bicyclic) bond motifs is 2. The van der Waals surface area contributed by atoms with Crippen molar-refractivity contribution in [3.63, 3.8) is 0 Å². The largest absolute Gasteiger partial charge is 0.497 e. The highest BCUT2D eigenvalue weighted by Gasteiger charge is 2.18. The Kier molecular flexibility index (Phi) is 6.81. The number of aromatic nitrogens is 3. The standard InChI is InChI=1S/C27H31N5O3/c1-19-22-10-11-25(33)29-26(22)30-27(28-19)35-17-4-3-12-31-13-15-32(16-14-31)24-7-5-6-20-8-9-21(34-2)18-23(20)24/h5-11,18H,3-4,12-17H2,1-2H3,(H,28,29,30,33). The SMILES string of the molecule is COc1ccc2cccc(N3CCN(CCCCOc4nc(C)c5ccc(=O)[nH]c5n4)CC3)c2c1. The first kappa shape index (κ1) is 23.1. The molecule has 0 bridgehead atoms. The van der Waals surface area contributed by atoms with E-state index in [0.29, 0.717) is 18.3 Å². The molecule has 1 N–H and O–H groups in total. The summed E-state index contributed by atoms with van der Waals surface area (Å²) in [4.78, 5) is 28.1. The van der Waals surface area contributed by atoms with Gasteiger partial charge >= 0.3 is 6.01 Å². The van der Waals surface area contributed by atoms with Gasteiger partial charge in [-0.15, -0.1) is 0 Å². The van der Waals surface area contributed by atoms with Crippen LogP contribution < -0.4 is 19.9 Å². The molecule has 0 aliphatic carbocycles. The van der Waals surface area contributed by atoms with Crippen LogP contribution in [0.5, 0.6) is 11.8 Å². The number of nitrogens with zero attached hydrogens (tertiary/aromatic N) is 4. The molecule has 35 heavy (non-hydrogen) atoms. The molecule has 0 spiro atoms. The highest BCUT2D eigenvalue weighted by atomic mass is 16.5. The lowest BCUT2D eigenvalue weighted by Crippen LogP contribution is -2.46. The van der Waals surface area contributed by atoms with E-state index in [1.54, 1.807) is 13.2 Å². The number of aryl methyl sites for hydroxylation is 1. The van der Waals surface area contributed by atoms with Crippen molar-refractivity contribution in [3.05, 3.63) is 64.6 Å². The van der Waals surface area contributed by atoms with Gasteiger partial charge in [-0.2, -0.15) is 9.97 Å². The number of nitrogens with one attached hydrogen (secondary N) is 1. The van der Waals surface area contributed by atoms with E-state index < -0.39 is 0 Å². The maximum atomic E-state index is 11.6. The average molecular weight is 474 g/mol. The predicted octanol–water partition coefficient (Wildman–Crippen LogP) is 3.77. The van der Waals surface area contributed by atoms with Gasteiger partial charge in [-0.1, -0.05) is 18.2 Å². The van der Waals surface area contributed by atoms with E-state index in [2.05, 4.69) is 55.1 Å². The van der Waals surface area contributed by atoms with Crippen molar-refractivity contribution < 1.29 is 9.47 Å². The first-order valence-corrected chi connectivity index (χ1v) is 12.2. The molecule has 0 amide bonds. The Morgan fingerprint density at radius 2 is 1.83 bits per heavy atom. The van der Waals surface area contributed by atoms with E-state index in [1.165, 1.54) is 22.5 Å². The summed E-state index contributed by atoms with van der Waals surface area (Å²) in [6, 6.07) is 16.3. The molecule has 1 fully saturated rings. The minimum absolute atomic E-state index is 0.179. The van der Waals surface area contributed by atoms with Gasteiger partial charge in [-0.25, -0.2) is 0 Å².